The third-order valence-corrected chi connectivity index (χ3v) is 3.53. The molecule has 0 aromatic rings. The minimum Gasteiger partial charge on any atom is -0.481 e. The smallest absolute Gasteiger partial charge is 0.303 e. The van der Waals surface area contributed by atoms with E-state index in [0.29, 0.717) is 6.42 Å². The second-order valence-corrected chi connectivity index (χ2v) is 5.73. The Kier molecular flexibility index (Phi) is 16.7. The zero-order valence-electron chi connectivity index (χ0n) is 14.3. The van der Waals surface area contributed by atoms with Gasteiger partial charge in [0.2, 0.25) is 0 Å². The molecule has 0 saturated carbocycles. The Labute approximate surface area is 137 Å². The van der Waals surface area contributed by atoms with Crippen molar-refractivity contribution in [2.75, 3.05) is 0 Å². The topological polar surface area (TPSA) is 37.3 Å². The van der Waals surface area contributed by atoms with Gasteiger partial charge in [-0.2, -0.15) is 0 Å². The van der Waals surface area contributed by atoms with Gasteiger partial charge in [-0.05, 0) is 44.9 Å². The van der Waals surface area contributed by atoms with E-state index in [4.69, 9.17) is 5.11 Å². The molecule has 126 valence electrons. The van der Waals surface area contributed by atoms with Crippen LogP contribution in [-0.4, -0.2) is 11.1 Å². The molecule has 1 N–H and O–H groups in total. The van der Waals surface area contributed by atoms with Gasteiger partial charge < -0.3 is 5.11 Å². The Hall–Kier alpha value is -1.31. The number of allylic oxidation sites excluding steroid dienone is 6. The molecule has 0 aliphatic carbocycles. The van der Waals surface area contributed by atoms with E-state index in [1.54, 1.807) is 0 Å². The van der Waals surface area contributed by atoms with Crippen LogP contribution < -0.4 is 0 Å². The van der Waals surface area contributed by atoms with Crippen molar-refractivity contribution >= 4 is 5.97 Å². The predicted octanol–water partition coefficient (Wildman–Crippen LogP) is 6.44. The number of aliphatic carboxylic acids is 1. The number of unbranched alkanes of at least 4 members (excludes halogenated alkanes) is 7. The van der Waals surface area contributed by atoms with Gasteiger partial charge in [-0.15, -0.1) is 0 Å². The van der Waals surface area contributed by atoms with Crippen LogP contribution in [0.5, 0.6) is 0 Å². The molecular formula is C20H34O2. The summed E-state index contributed by atoms with van der Waals surface area (Å²) in [6.07, 6.45) is 26.3. The van der Waals surface area contributed by atoms with Crippen molar-refractivity contribution in [2.45, 2.75) is 84.0 Å². The Morgan fingerprint density at radius 2 is 1.23 bits per heavy atom. The van der Waals surface area contributed by atoms with Crippen LogP contribution in [0.25, 0.3) is 0 Å². The zero-order valence-corrected chi connectivity index (χ0v) is 14.3. The van der Waals surface area contributed by atoms with E-state index < -0.39 is 5.97 Å². The fraction of sp³-hybridized carbons (Fsp3) is 0.650. The standard InChI is InChI=1S/C20H34O2/c1-2-3-4-5-6-7-8-9-10-11-12-13-14-15-16-17-18-19-20(21)22/h8-9,11-12,14-15H,2-7,10,13,16-19H2,1H3,(H,21,22). The van der Waals surface area contributed by atoms with Gasteiger partial charge in [0.25, 0.3) is 0 Å². The van der Waals surface area contributed by atoms with Crippen LogP contribution in [0.2, 0.25) is 0 Å². The molecule has 22 heavy (non-hydrogen) atoms. The fourth-order valence-electron chi connectivity index (χ4n) is 2.18. The van der Waals surface area contributed by atoms with E-state index in [2.05, 4.69) is 43.4 Å². The summed E-state index contributed by atoms with van der Waals surface area (Å²) in [7, 11) is 0. The third kappa shape index (κ3) is 18.7. The molecule has 0 heterocycles. The summed E-state index contributed by atoms with van der Waals surface area (Å²) in [5, 5.41) is 8.51. The number of rotatable bonds is 15. The Morgan fingerprint density at radius 1 is 0.727 bits per heavy atom. The predicted molar refractivity (Wildman–Crippen MR) is 96.1 cm³/mol. The Balaban J connectivity index is 3.30. The molecule has 0 aliphatic heterocycles. The van der Waals surface area contributed by atoms with Gasteiger partial charge in [-0.3, -0.25) is 4.79 Å². The summed E-state index contributed by atoms with van der Waals surface area (Å²) in [4.78, 5) is 10.3. The van der Waals surface area contributed by atoms with Gasteiger partial charge in [0.05, 0.1) is 0 Å². The van der Waals surface area contributed by atoms with Crippen molar-refractivity contribution in [3.63, 3.8) is 0 Å². The van der Waals surface area contributed by atoms with Gasteiger partial charge in [0.15, 0.2) is 0 Å². The lowest BCUT2D eigenvalue weighted by atomic mass is 10.1. The van der Waals surface area contributed by atoms with Crippen molar-refractivity contribution in [2.24, 2.45) is 0 Å². The van der Waals surface area contributed by atoms with Crippen molar-refractivity contribution in [1.82, 2.24) is 0 Å². The average Bonchev–Trinajstić information content (AvgIpc) is 2.50. The van der Waals surface area contributed by atoms with E-state index in [9.17, 15) is 4.79 Å². The second kappa shape index (κ2) is 17.7. The Morgan fingerprint density at radius 3 is 1.77 bits per heavy atom. The van der Waals surface area contributed by atoms with E-state index in [1.165, 1.54) is 38.5 Å². The van der Waals surface area contributed by atoms with Crippen LogP contribution in [0.15, 0.2) is 36.5 Å². The van der Waals surface area contributed by atoms with Crippen LogP contribution in [0.4, 0.5) is 0 Å². The fourth-order valence-corrected chi connectivity index (χ4v) is 2.18. The van der Waals surface area contributed by atoms with E-state index in [1.807, 2.05) is 0 Å². The lowest BCUT2D eigenvalue weighted by Gasteiger charge is -1.95. The zero-order chi connectivity index (χ0) is 16.3. The third-order valence-electron chi connectivity index (χ3n) is 3.53. The maximum Gasteiger partial charge on any atom is 0.303 e. The number of carbonyl (C=O) groups is 1. The molecule has 0 aromatic carbocycles. The van der Waals surface area contributed by atoms with E-state index in [-0.39, 0.29) is 0 Å². The maximum absolute atomic E-state index is 10.3. The highest BCUT2D eigenvalue weighted by atomic mass is 16.4. The summed E-state index contributed by atoms with van der Waals surface area (Å²) < 4.78 is 0. The van der Waals surface area contributed by atoms with Crippen molar-refractivity contribution in [1.29, 1.82) is 0 Å². The minimum absolute atomic E-state index is 0.290. The minimum atomic E-state index is -0.694. The molecule has 0 atom stereocenters. The second-order valence-electron chi connectivity index (χ2n) is 5.73. The highest BCUT2D eigenvalue weighted by Crippen LogP contribution is 2.05. The van der Waals surface area contributed by atoms with Gasteiger partial charge >= 0.3 is 5.97 Å². The largest absolute Gasteiger partial charge is 0.481 e. The summed E-state index contributed by atoms with van der Waals surface area (Å²) in [6.45, 7) is 2.25. The number of hydrogen-bond donors (Lipinski definition) is 1. The van der Waals surface area contributed by atoms with Gasteiger partial charge in [0, 0.05) is 6.42 Å². The molecule has 0 rings (SSSR count). The first-order valence-corrected chi connectivity index (χ1v) is 8.94. The Bertz CT molecular complexity index is 327. The van der Waals surface area contributed by atoms with E-state index in [0.717, 1.165) is 32.1 Å². The average molecular weight is 306 g/mol. The van der Waals surface area contributed by atoms with Crippen LogP contribution >= 0.6 is 0 Å². The lowest BCUT2D eigenvalue weighted by molar-refractivity contribution is -0.137. The van der Waals surface area contributed by atoms with E-state index >= 15 is 0 Å². The molecular weight excluding hydrogens is 272 g/mol. The molecule has 0 bridgehead atoms. The van der Waals surface area contributed by atoms with Gasteiger partial charge in [-0.1, -0.05) is 69.1 Å². The normalized spacial score (nSPS) is 12.0. The molecule has 0 radical (unpaired) electrons. The summed E-state index contributed by atoms with van der Waals surface area (Å²) in [6, 6.07) is 0. The molecule has 0 aromatic heterocycles. The SMILES string of the molecule is CCCCCCCC=CCC=CCC=CCCCCC(=O)O. The lowest BCUT2D eigenvalue weighted by Crippen LogP contribution is -1.92. The van der Waals surface area contributed by atoms with Crippen molar-refractivity contribution in [3.05, 3.63) is 36.5 Å². The first-order valence-electron chi connectivity index (χ1n) is 8.94. The molecule has 0 fully saturated rings. The van der Waals surface area contributed by atoms with Crippen LogP contribution in [0, 0.1) is 0 Å². The molecule has 0 aliphatic rings. The summed E-state index contributed by atoms with van der Waals surface area (Å²) in [5.74, 6) is -0.694. The van der Waals surface area contributed by atoms with Crippen LogP contribution in [0.1, 0.15) is 84.0 Å². The van der Waals surface area contributed by atoms with Crippen molar-refractivity contribution < 1.29 is 9.90 Å². The van der Waals surface area contributed by atoms with Gasteiger partial charge in [0.1, 0.15) is 0 Å². The quantitative estimate of drug-likeness (QED) is 0.279. The summed E-state index contributed by atoms with van der Waals surface area (Å²) in [5.41, 5.74) is 0. The highest BCUT2D eigenvalue weighted by molar-refractivity contribution is 5.66. The van der Waals surface area contributed by atoms with Crippen LogP contribution in [0.3, 0.4) is 0 Å². The highest BCUT2D eigenvalue weighted by Gasteiger charge is 1.93. The number of hydrogen-bond acceptors (Lipinski definition) is 1. The first kappa shape index (κ1) is 20.7. The number of carboxylic acid groups (broad SMARTS) is 1. The number of carboxylic acids is 1. The monoisotopic (exact) mass is 306 g/mol. The molecule has 2 heteroatoms. The maximum atomic E-state index is 10.3. The first-order chi connectivity index (χ1) is 10.8. The molecule has 0 saturated heterocycles. The molecule has 2 nitrogen and oxygen atoms in total. The molecule has 0 amide bonds. The molecule has 0 unspecified atom stereocenters. The van der Waals surface area contributed by atoms with Crippen LogP contribution in [-0.2, 0) is 4.79 Å². The summed E-state index contributed by atoms with van der Waals surface area (Å²) >= 11 is 0. The van der Waals surface area contributed by atoms with Gasteiger partial charge in [-0.25, -0.2) is 0 Å². The molecule has 0 spiro atoms. The van der Waals surface area contributed by atoms with Crippen molar-refractivity contribution in [3.8, 4) is 0 Å².